The van der Waals surface area contributed by atoms with Crippen LogP contribution in [0.2, 0.25) is 10.0 Å². The first-order valence-corrected chi connectivity index (χ1v) is 12.4. The summed E-state index contributed by atoms with van der Waals surface area (Å²) in [6.45, 7) is 0. The number of hydrogen-bond donors (Lipinski definition) is 4. The Hall–Kier alpha value is -4.66. The normalized spacial score (nSPS) is 11.1. The molecule has 4 aromatic rings. The quantitative estimate of drug-likeness (QED) is 0.167. The van der Waals surface area contributed by atoms with Crippen molar-refractivity contribution in [3.8, 4) is 11.5 Å². The third kappa shape index (κ3) is 7.67. The molecule has 0 aromatic heterocycles. The summed E-state index contributed by atoms with van der Waals surface area (Å²) in [5.41, 5.74) is 8.14. The van der Waals surface area contributed by atoms with Gasteiger partial charge in [0.05, 0.1) is 12.4 Å². The molecule has 2 amide bonds. The highest BCUT2D eigenvalue weighted by Gasteiger charge is 2.08. The first-order valence-electron chi connectivity index (χ1n) is 11.6. The van der Waals surface area contributed by atoms with Crippen molar-refractivity contribution in [3.63, 3.8) is 0 Å². The van der Waals surface area contributed by atoms with Crippen LogP contribution in [-0.2, 0) is 6.42 Å². The maximum Gasteiger partial charge on any atom is 0.271 e. The average Bonchev–Trinajstić information content (AvgIpc) is 2.92. The molecule has 4 N–H and O–H groups in total. The van der Waals surface area contributed by atoms with Gasteiger partial charge in [-0.25, -0.2) is 10.9 Å². The van der Waals surface area contributed by atoms with Gasteiger partial charge in [0.15, 0.2) is 0 Å². The van der Waals surface area contributed by atoms with Crippen LogP contribution in [0.5, 0.6) is 11.5 Å². The van der Waals surface area contributed by atoms with Gasteiger partial charge in [0, 0.05) is 32.3 Å². The first-order chi connectivity index (χ1) is 18.8. The number of aromatic hydroxyl groups is 2. The predicted molar refractivity (Wildman–Crippen MR) is 152 cm³/mol. The highest BCUT2D eigenvalue weighted by Crippen LogP contribution is 2.22. The lowest BCUT2D eigenvalue weighted by molar-refractivity contribution is 0.0947. The fraction of sp³-hybridized carbons (Fsp3) is 0.0345. The van der Waals surface area contributed by atoms with E-state index in [-0.39, 0.29) is 11.5 Å². The van der Waals surface area contributed by atoms with Crippen LogP contribution >= 0.6 is 23.2 Å². The number of rotatable bonds is 8. The van der Waals surface area contributed by atoms with E-state index in [1.165, 1.54) is 24.6 Å². The van der Waals surface area contributed by atoms with E-state index < -0.39 is 11.8 Å². The molecular formula is C29H22Cl2N4O4. The standard InChI is InChI=1S/C29H22Cl2N4O4/c30-24-7-3-20(4-8-24)28(38)34-32-16-22-14-18(1-11-26(22)36)13-19-2-12-27(37)23(15-19)17-33-35-29(39)21-5-9-25(31)10-6-21/h1-12,14-17,36-37H,13H2,(H,34,38)(H,35,39). The molecule has 0 atom stereocenters. The van der Waals surface area contributed by atoms with Crippen LogP contribution in [0.15, 0.2) is 95.1 Å². The number of hydrogen-bond acceptors (Lipinski definition) is 6. The molecule has 0 spiro atoms. The summed E-state index contributed by atoms with van der Waals surface area (Å²) >= 11 is 11.7. The number of nitrogens with zero attached hydrogens (tertiary/aromatic N) is 2. The second kappa shape index (κ2) is 12.7. The molecule has 4 rings (SSSR count). The van der Waals surface area contributed by atoms with Gasteiger partial charge in [-0.3, -0.25) is 9.59 Å². The third-order valence-electron chi connectivity index (χ3n) is 5.54. The minimum atomic E-state index is -0.416. The Morgan fingerprint density at radius 1 is 0.641 bits per heavy atom. The Balaban J connectivity index is 1.41. The molecule has 0 fully saturated rings. The number of halogens is 2. The van der Waals surface area contributed by atoms with E-state index in [1.54, 1.807) is 72.8 Å². The molecule has 0 bridgehead atoms. The Bertz CT molecular complexity index is 1440. The van der Waals surface area contributed by atoms with E-state index in [9.17, 15) is 19.8 Å². The number of phenols is 2. The Morgan fingerprint density at radius 2 is 1.03 bits per heavy atom. The molecule has 0 radical (unpaired) electrons. The molecule has 0 aliphatic rings. The summed E-state index contributed by atoms with van der Waals surface area (Å²) in [6, 6.07) is 22.8. The summed E-state index contributed by atoms with van der Waals surface area (Å²) in [5, 5.41) is 29.4. The van der Waals surface area contributed by atoms with E-state index >= 15 is 0 Å². The SMILES string of the molecule is O=C(NN=Cc1cc(Cc2ccc(O)c(C=NNC(=O)c3ccc(Cl)cc3)c2)ccc1O)c1ccc(Cl)cc1. The molecule has 0 aliphatic heterocycles. The second-order valence-corrected chi connectivity index (χ2v) is 9.25. The fourth-order valence-electron chi connectivity index (χ4n) is 3.52. The number of nitrogens with one attached hydrogen (secondary N) is 2. The van der Waals surface area contributed by atoms with E-state index in [0.717, 1.165) is 11.1 Å². The number of hydrazone groups is 2. The lowest BCUT2D eigenvalue weighted by Gasteiger charge is -2.07. The van der Waals surface area contributed by atoms with Crippen molar-refractivity contribution < 1.29 is 19.8 Å². The zero-order chi connectivity index (χ0) is 27.8. The highest BCUT2D eigenvalue weighted by atomic mass is 35.5. The molecule has 10 heteroatoms. The lowest BCUT2D eigenvalue weighted by atomic mass is 10.0. The molecular weight excluding hydrogens is 539 g/mol. The van der Waals surface area contributed by atoms with Crippen molar-refractivity contribution in [1.82, 2.24) is 10.9 Å². The lowest BCUT2D eigenvalue weighted by Crippen LogP contribution is -2.17. The summed E-state index contributed by atoms with van der Waals surface area (Å²) in [5.74, 6) is -0.834. The Labute approximate surface area is 234 Å². The molecule has 196 valence electrons. The highest BCUT2D eigenvalue weighted by molar-refractivity contribution is 6.31. The van der Waals surface area contributed by atoms with E-state index in [1.807, 2.05) is 0 Å². The monoisotopic (exact) mass is 560 g/mol. The number of phenolic OH excluding ortho intramolecular Hbond substituents is 2. The van der Waals surface area contributed by atoms with E-state index in [0.29, 0.717) is 38.7 Å². The van der Waals surface area contributed by atoms with Gasteiger partial charge in [-0.05, 0) is 90.3 Å². The smallest absolute Gasteiger partial charge is 0.271 e. The summed E-state index contributed by atoms with van der Waals surface area (Å²) < 4.78 is 0. The third-order valence-corrected chi connectivity index (χ3v) is 6.05. The van der Waals surface area contributed by atoms with Crippen LogP contribution in [0.4, 0.5) is 0 Å². The Kier molecular flexibility index (Phi) is 8.94. The first kappa shape index (κ1) is 27.4. The molecule has 39 heavy (non-hydrogen) atoms. The minimum Gasteiger partial charge on any atom is -0.507 e. The fourth-order valence-corrected chi connectivity index (χ4v) is 3.77. The van der Waals surface area contributed by atoms with Crippen LogP contribution in [0, 0.1) is 0 Å². The zero-order valence-corrected chi connectivity index (χ0v) is 21.8. The van der Waals surface area contributed by atoms with E-state index in [2.05, 4.69) is 21.1 Å². The molecule has 0 unspecified atom stereocenters. The number of amides is 2. The topological polar surface area (TPSA) is 123 Å². The largest absolute Gasteiger partial charge is 0.507 e. The van der Waals surface area contributed by atoms with Crippen molar-refractivity contribution in [2.75, 3.05) is 0 Å². The van der Waals surface area contributed by atoms with Gasteiger partial charge in [-0.2, -0.15) is 10.2 Å². The van der Waals surface area contributed by atoms with Crippen LogP contribution in [0.25, 0.3) is 0 Å². The second-order valence-electron chi connectivity index (χ2n) is 8.38. The molecule has 0 saturated heterocycles. The van der Waals surface area contributed by atoms with Crippen LogP contribution in [0.1, 0.15) is 43.0 Å². The summed E-state index contributed by atoms with van der Waals surface area (Å²) in [6.07, 6.45) is 3.17. The number of carbonyl (C=O) groups excluding carboxylic acids is 2. The van der Waals surface area contributed by atoms with Gasteiger partial charge in [0.25, 0.3) is 11.8 Å². The van der Waals surface area contributed by atoms with Gasteiger partial charge in [-0.1, -0.05) is 35.3 Å². The van der Waals surface area contributed by atoms with Crippen molar-refractivity contribution in [1.29, 1.82) is 0 Å². The maximum atomic E-state index is 12.2. The van der Waals surface area contributed by atoms with Gasteiger partial charge >= 0.3 is 0 Å². The van der Waals surface area contributed by atoms with Crippen LogP contribution in [-0.4, -0.2) is 34.5 Å². The average molecular weight is 561 g/mol. The Morgan fingerprint density at radius 3 is 1.41 bits per heavy atom. The molecule has 4 aromatic carbocycles. The molecule has 0 heterocycles. The zero-order valence-electron chi connectivity index (χ0n) is 20.3. The van der Waals surface area contributed by atoms with Crippen LogP contribution < -0.4 is 10.9 Å². The maximum absolute atomic E-state index is 12.2. The predicted octanol–water partition coefficient (Wildman–Crippen LogP) is 5.52. The molecule has 0 saturated carbocycles. The van der Waals surface area contributed by atoms with Gasteiger partial charge in [0.2, 0.25) is 0 Å². The number of benzene rings is 4. The molecule has 0 aliphatic carbocycles. The van der Waals surface area contributed by atoms with Crippen molar-refractivity contribution in [3.05, 3.63) is 128 Å². The molecule has 8 nitrogen and oxygen atoms in total. The van der Waals surface area contributed by atoms with Gasteiger partial charge < -0.3 is 10.2 Å². The van der Waals surface area contributed by atoms with Gasteiger partial charge in [-0.15, -0.1) is 0 Å². The van der Waals surface area contributed by atoms with Gasteiger partial charge in [0.1, 0.15) is 11.5 Å². The van der Waals surface area contributed by atoms with Crippen molar-refractivity contribution >= 4 is 47.4 Å². The van der Waals surface area contributed by atoms with Crippen molar-refractivity contribution in [2.45, 2.75) is 6.42 Å². The minimum absolute atomic E-state index is 0.00167. The summed E-state index contributed by atoms with van der Waals surface area (Å²) in [7, 11) is 0. The van der Waals surface area contributed by atoms with Crippen LogP contribution in [0.3, 0.4) is 0 Å². The van der Waals surface area contributed by atoms with Crippen molar-refractivity contribution in [2.24, 2.45) is 10.2 Å². The van der Waals surface area contributed by atoms with E-state index in [4.69, 9.17) is 23.2 Å². The number of carbonyl (C=O) groups is 2. The summed E-state index contributed by atoms with van der Waals surface area (Å²) in [4.78, 5) is 24.4.